The second-order valence-corrected chi connectivity index (χ2v) is 5.82. The lowest BCUT2D eigenvalue weighted by Crippen LogP contribution is -2.15. The molecule has 0 atom stereocenters. The lowest BCUT2D eigenvalue weighted by Gasteiger charge is -2.06. The van der Waals surface area contributed by atoms with Gasteiger partial charge in [0.25, 0.3) is 0 Å². The van der Waals surface area contributed by atoms with E-state index in [9.17, 15) is 9.18 Å². The molecule has 7 nitrogen and oxygen atoms in total. The van der Waals surface area contributed by atoms with Gasteiger partial charge in [-0.2, -0.15) is 4.39 Å². The van der Waals surface area contributed by atoms with Gasteiger partial charge in [0.1, 0.15) is 4.47 Å². The lowest BCUT2D eigenvalue weighted by molar-refractivity contribution is -0.145. The molecule has 26 heavy (non-hydrogen) atoms. The predicted molar refractivity (Wildman–Crippen MR) is 94.4 cm³/mol. The van der Waals surface area contributed by atoms with E-state index in [1.54, 1.807) is 37.4 Å². The zero-order chi connectivity index (χ0) is 18.5. The molecule has 3 aromatic rings. The first-order valence-corrected chi connectivity index (χ1v) is 8.49. The third-order valence-corrected chi connectivity index (χ3v) is 4.01. The largest absolute Gasteiger partial charge is 0.464 e. The van der Waals surface area contributed by atoms with E-state index in [1.165, 1.54) is 16.9 Å². The number of nitrogens with zero attached hydrogens (tertiary/aromatic N) is 4. The van der Waals surface area contributed by atoms with Gasteiger partial charge in [-0.3, -0.25) is 0 Å². The maximum atomic E-state index is 13.6. The molecule has 0 saturated heterocycles. The lowest BCUT2D eigenvalue weighted by atomic mass is 10.2. The van der Waals surface area contributed by atoms with Gasteiger partial charge < -0.3 is 9.47 Å². The zero-order valence-electron chi connectivity index (χ0n) is 13.7. The highest BCUT2D eigenvalue weighted by molar-refractivity contribution is 9.10. The molecule has 0 bridgehead atoms. The number of hydrogen-bond acceptors (Lipinski definition) is 6. The molecule has 0 radical (unpaired) electrons. The van der Waals surface area contributed by atoms with Crippen molar-refractivity contribution in [3.8, 4) is 23.0 Å². The van der Waals surface area contributed by atoms with Crippen molar-refractivity contribution in [2.45, 2.75) is 6.92 Å². The van der Waals surface area contributed by atoms with Crippen LogP contribution in [0.2, 0.25) is 0 Å². The van der Waals surface area contributed by atoms with Crippen molar-refractivity contribution in [1.29, 1.82) is 0 Å². The first kappa shape index (κ1) is 18.0. The molecule has 0 N–H and O–H groups in total. The Hall–Kier alpha value is -2.81. The van der Waals surface area contributed by atoms with Crippen LogP contribution in [0.15, 0.2) is 47.2 Å². The number of rotatable bonds is 6. The molecule has 0 fully saturated rings. The van der Waals surface area contributed by atoms with Crippen molar-refractivity contribution in [3.05, 3.63) is 53.1 Å². The summed E-state index contributed by atoms with van der Waals surface area (Å²) >= 11 is 3.42. The molecule has 3 aromatic heterocycles. The summed E-state index contributed by atoms with van der Waals surface area (Å²) in [5, 5.41) is 4.35. The van der Waals surface area contributed by atoms with E-state index < -0.39 is 11.9 Å². The highest BCUT2D eigenvalue weighted by atomic mass is 79.9. The first-order valence-electron chi connectivity index (χ1n) is 7.70. The fourth-order valence-corrected chi connectivity index (χ4v) is 2.84. The highest BCUT2D eigenvalue weighted by Gasteiger charge is 2.21. The second-order valence-electron chi connectivity index (χ2n) is 5.03. The van der Waals surface area contributed by atoms with E-state index in [1.807, 2.05) is 0 Å². The summed E-state index contributed by atoms with van der Waals surface area (Å²) in [4.78, 5) is 19.4. The summed E-state index contributed by atoms with van der Waals surface area (Å²) in [6.45, 7) is 1.67. The summed E-state index contributed by atoms with van der Waals surface area (Å²) in [6.07, 6.45) is 2.97. The Kier molecular flexibility index (Phi) is 5.57. The Bertz CT molecular complexity index is 918. The maximum Gasteiger partial charge on any atom is 0.344 e. The van der Waals surface area contributed by atoms with Crippen LogP contribution in [-0.2, 0) is 9.53 Å². The number of halogens is 2. The summed E-state index contributed by atoms with van der Waals surface area (Å²) in [5.74, 6) is -0.470. The van der Waals surface area contributed by atoms with E-state index in [4.69, 9.17) is 9.47 Å². The molecule has 3 rings (SSSR count). The van der Waals surface area contributed by atoms with Crippen LogP contribution in [0.5, 0.6) is 5.88 Å². The third kappa shape index (κ3) is 3.88. The molecular formula is C17H14BrFN4O3. The quantitative estimate of drug-likeness (QED) is 0.450. The number of carbonyl (C=O) groups excluding carboxylic acids is 1. The van der Waals surface area contributed by atoms with E-state index in [-0.39, 0.29) is 19.1 Å². The van der Waals surface area contributed by atoms with E-state index >= 15 is 0 Å². The standard InChI is InChI=1S/C17H14BrFN4O3/c1-2-25-14(24)10-26-17-15(18)16(11-6-8-20-12(19)9-11)23(22-17)13-5-3-4-7-21-13/h3-9H,2,10H2,1H3. The van der Waals surface area contributed by atoms with Gasteiger partial charge in [0.2, 0.25) is 11.8 Å². The molecule has 134 valence electrons. The van der Waals surface area contributed by atoms with Crippen LogP contribution in [0.25, 0.3) is 17.1 Å². The van der Waals surface area contributed by atoms with Crippen molar-refractivity contribution < 1.29 is 18.7 Å². The van der Waals surface area contributed by atoms with E-state index in [0.717, 1.165) is 0 Å². The van der Waals surface area contributed by atoms with Crippen LogP contribution in [-0.4, -0.2) is 38.9 Å². The molecule has 0 unspecified atom stereocenters. The molecule has 3 heterocycles. The fourth-order valence-electron chi connectivity index (χ4n) is 2.24. The highest BCUT2D eigenvalue weighted by Crippen LogP contribution is 2.37. The van der Waals surface area contributed by atoms with Gasteiger partial charge >= 0.3 is 5.97 Å². The number of pyridine rings is 2. The number of ether oxygens (including phenoxy) is 2. The number of esters is 1. The van der Waals surface area contributed by atoms with Gasteiger partial charge in [0, 0.05) is 24.0 Å². The molecule has 9 heteroatoms. The topological polar surface area (TPSA) is 79.1 Å². The van der Waals surface area contributed by atoms with Gasteiger partial charge in [-0.05, 0) is 41.1 Å². The second kappa shape index (κ2) is 8.05. The van der Waals surface area contributed by atoms with Crippen molar-refractivity contribution in [3.63, 3.8) is 0 Å². The van der Waals surface area contributed by atoms with Gasteiger partial charge in [-0.15, -0.1) is 5.10 Å². The summed E-state index contributed by atoms with van der Waals surface area (Å²) in [5.41, 5.74) is 1.04. The Morgan fingerprint density at radius 1 is 1.27 bits per heavy atom. The first-order chi connectivity index (χ1) is 12.6. The van der Waals surface area contributed by atoms with Crippen molar-refractivity contribution in [1.82, 2.24) is 19.7 Å². The van der Waals surface area contributed by atoms with Gasteiger partial charge in [-0.25, -0.2) is 19.4 Å². The fraction of sp³-hybridized carbons (Fsp3) is 0.176. The Balaban J connectivity index is 2.04. The van der Waals surface area contributed by atoms with Crippen LogP contribution in [0.1, 0.15) is 6.92 Å². The molecular weight excluding hydrogens is 407 g/mol. The van der Waals surface area contributed by atoms with Crippen LogP contribution < -0.4 is 4.74 Å². The summed E-state index contributed by atoms with van der Waals surface area (Å²) < 4.78 is 25.9. The van der Waals surface area contributed by atoms with Gasteiger partial charge in [-0.1, -0.05) is 6.07 Å². The molecule has 0 aliphatic rings. The predicted octanol–water partition coefficient (Wildman–Crippen LogP) is 3.17. The third-order valence-electron chi connectivity index (χ3n) is 3.30. The van der Waals surface area contributed by atoms with Crippen molar-refractivity contribution >= 4 is 21.9 Å². The average Bonchev–Trinajstić information content (AvgIpc) is 2.97. The van der Waals surface area contributed by atoms with E-state index in [2.05, 4.69) is 31.0 Å². The molecule has 0 aliphatic carbocycles. The Labute approximate surface area is 156 Å². The van der Waals surface area contributed by atoms with Crippen LogP contribution in [0.4, 0.5) is 4.39 Å². The van der Waals surface area contributed by atoms with Crippen LogP contribution in [0.3, 0.4) is 0 Å². The molecule has 0 saturated carbocycles. The molecule has 0 aromatic carbocycles. The number of hydrogen-bond donors (Lipinski definition) is 0. The number of aromatic nitrogens is 4. The zero-order valence-corrected chi connectivity index (χ0v) is 15.3. The maximum absolute atomic E-state index is 13.6. The van der Waals surface area contributed by atoms with Gasteiger partial charge in [0.15, 0.2) is 12.4 Å². The van der Waals surface area contributed by atoms with Crippen molar-refractivity contribution in [2.75, 3.05) is 13.2 Å². The minimum Gasteiger partial charge on any atom is -0.464 e. The van der Waals surface area contributed by atoms with E-state index in [0.29, 0.717) is 21.5 Å². The summed E-state index contributed by atoms with van der Waals surface area (Å²) in [6, 6.07) is 8.23. The Morgan fingerprint density at radius 3 is 2.81 bits per heavy atom. The molecule has 0 spiro atoms. The Morgan fingerprint density at radius 2 is 2.12 bits per heavy atom. The average molecular weight is 421 g/mol. The minimum atomic E-state index is -0.628. The monoisotopic (exact) mass is 420 g/mol. The van der Waals surface area contributed by atoms with Crippen molar-refractivity contribution in [2.24, 2.45) is 0 Å². The molecule has 0 amide bonds. The number of carbonyl (C=O) groups is 1. The van der Waals surface area contributed by atoms with Crippen LogP contribution in [0, 0.1) is 5.95 Å². The summed E-state index contributed by atoms with van der Waals surface area (Å²) in [7, 11) is 0. The minimum absolute atomic E-state index is 0.163. The van der Waals surface area contributed by atoms with Crippen LogP contribution >= 0.6 is 15.9 Å². The SMILES string of the molecule is CCOC(=O)COc1nn(-c2ccccn2)c(-c2ccnc(F)c2)c1Br. The van der Waals surface area contributed by atoms with Gasteiger partial charge in [0.05, 0.1) is 12.3 Å². The normalized spacial score (nSPS) is 10.6. The smallest absolute Gasteiger partial charge is 0.344 e. The molecule has 0 aliphatic heterocycles.